The summed E-state index contributed by atoms with van der Waals surface area (Å²) in [6.07, 6.45) is 3.37. The minimum absolute atomic E-state index is 0.0246. The van der Waals surface area contributed by atoms with Crippen molar-refractivity contribution < 1.29 is 4.74 Å². The monoisotopic (exact) mass is 263 g/mol. The van der Waals surface area contributed by atoms with E-state index in [2.05, 4.69) is 24.1 Å². The Bertz CT molecular complexity index is 434. The van der Waals surface area contributed by atoms with Gasteiger partial charge in [0.1, 0.15) is 6.10 Å². The molecule has 0 saturated carbocycles. The summed E-state index contributed by atoms with van der Waals surface area (Å²) in [6, 6.07) is 0. The van der Waals surface area contributed by atoms with Crippen LogP contribution < -0.4 is 5.32 Å². The molecule has 1 N–H and O–H groups in total. The molecule has 2 atom stereocenters. The molecule has 0 aromatic carbocycles. The summed E-state index contributed by atoms with van der Waals surface area (Å²) in [5.74, 6) is 1.55. The molecule has 19 heavy (non-hydrogen) atoms. The van der Waals surface area contributed by atoms with E-state index in [4.69, 9.17) is 9.72 Å². The molecule has 1 heterocycles. The van der Waals surface area contributed by atoms with E-state index in [1.165, 1.54) is 17.7 Å². The van der Waals surface area contributed by atoms with Gasteiger partial charge in [0.05, 0.1) is 0 Å². The van der Waals surface area contributed by atoms with Crippen LogP contribution in [0.2, 0.25) is 0 Å². The van der Waals surface area contributed by atoms with Gasteiger partial charge < -0.3 is 10.1 Å². The number of hydrogen-bond acceptors (Lipinski definition) is 4. The minimum atomic E-state index is -0.0246. The molecule has 0 amide bonds. The third kappa shape index (κ3) is 3.31. The van der Waals surface area contributed by atoms with Crippen molar-refractivity contribution in [3.05, 3.63) is 22.8 Å². The van der Waals surface area contributed by atoms with Gasteiger partial charge in [0.15, 0.2) is 5.82 Å². The first-order chi connectivity index (χ1) is 9.15. The first-order valence-corrected chi connectivity index (χ1v) is 7.25. The van der Waals surface area contributed by atoms with Crippen LogP contribution in [0.1, 0.15) is 49.1 Å². The van der Waals surface area contributed by atoms with Crippen LogP contribution in [0.3, 0.4) is 0 Å². The molecule has 0 aliphatic heterocycles. The fraction of sp³-hybridized carbons (Fsp3) is 0.733. The molecule has 4 heteroatoms. The number of ether oxygens (including phenoxy) is 1. The highest BCUT2D eigenvalue weighted by molar-refractivity contribution is 5.28. The van der Waals surface area contributed by atoms with Gasteiger partial charge in [-0.2, -0.15) is 0 Å². The lowest BCUT2D eigenvalue weighted by Gasteiger charge is -2.26. The molecule has 2 rings (SSSR count). The predicted molar refractivity (Wildman–Crippen MR) is 76.3 cm³/mol. The van der Waals surface area contributed by atoms with Crippen molar-refractivity contribution in [1.82, 2.24) is 15.3 Å². The smallest absolute Gasteiger partial charge is 0.157 e. The van der Waals surface area contributed by atoms with Crippen molar-refractivity contribution in [2.24, 2.45) is 5.92 Å². The van der Waals surface area contributed by atoms with Crippen LogP contribution in [0.5, 0.6) is 0 Å². The van der Waals surface area contributed by atoms with Crippen molar-refractivity contribution >= 4 is 0 Å². The number of hydrogen-bond donors (Lipinski definition) is 1. The van der Waals surface area contributed by atoms with Gasteiger partial charge in [-0.3, -0.25) is 0 Å². The van der Waals surface area contributed by atoms with E-state index < -0.39 is 0 Å². The zero-order chi connectivity index (χ0) is 13.8. The number of methoxy groups -OCH3 is 1. The zero-order valence-corrected chi connectivity index (χ0v) is 12.5. The predicted octanol–water partition coefficient (Wildman–Crippen LogP) is 2.21. The second kappa shape index (κ2) is 6.44. The Morgan fingerprint density at radius 3 is 2.89 bits per heavy atom. The van der Waals surface area contributed by atoms with E-state index >= 15 is 0 Å². The Kier molecular flexibility index (Phi) is 4.88. The van der Waals surface area contributed by atoms with Gasteiger partial charge in [-0.05, 0) is 57.7 Å². The number of aromatic nitrogens is 2. The highest BCUT2D eigenvalue weighted by atomic mass is 16.5. The number of nitrogens with one attached hydrogen (secondary N) is 1. The first-order valence-electron chi connectivity index (χ1n) is 7.25. The van der Waals surface area contributed by atoms with Crippen LogP contribution in [-0.4, -0.2) is 30.2 Å². The van der Waals surface area contributed by atoms with E-state index in [1.807, 2.05) is 6.92 Å². The van der Waals surface area contributed by atoms with Gasteiger partial charge in [0.2, 0.25) is 0 Å². The first kappa shape index (κ1) is 14.4. The number of fused-ring (bicyclic) bond motifs is 1. The lowest BCUT2D eigenvalue weighted by Crippen LogP contribution is -2.28. The average molecular weight is 263 g/mol. The van der Waals surface area contributed by atoms with Gasteiger partial charge in [-0.1, -0.05) is 6.92 Å². The van der Waals surface area contributed by atoms with Crippen LogP contribution in [0.4, 0.5) is 0 Å². The van der Waals surface area contributed by atoms with Crippen LogP contribution in [0, 0.1) is 12.8 Å². The molecule has 2 unspecified atom stereocenters. The van der Waals surface area contributed by atoms with Crippen LogP contribution in [0.25, 0.3) is 0 Å². The van der Waals surface area contributed by atoms with Gasteiger partial charge in [-0.15, -0.1) is 0 Å². The molecule has 4 nitrogen and oxygen atoms in total. The highest BCUT2D eigenvalue weighted by Crippen LogP contribution is 2.27. The van der Waals surface area contributed by atoms with Crippen LogP contribution in [-0.2, 0) is 17.6 Å². The van der Waals surface area contributed by atoms with Crippen molar-refractivity contribution in [2.75, 3.05) is 20.2 Å². The van der Waals surface area contributed by atoms with E-state index in [9.17, 15) is 0 Å². The van der Waals surface area contributed by atoms with Crippen molar-refractivity contribution in [3.63, 3.8) is 0 Å². The van der Waals surface area contributed by atoms with Crippen molar-refractivity contribution in [1.29, 1.82) is 0 Å². The number of rotatable bonds is 5. The third-order valence-corrected chi connectivity index (χ3v) is 4.00. The molecular weight excluding hydrogens is 238 g/mol. The SMILES string of the molecule is CCNCC1CCc2nc(C(C)OC)nc(C)c2C1. The summed E-state index contributed by atoms with van der Waals surface area (Å²) < 4.78 is 5.32. The maximum Gasteiger partial charge on any atom is 0.157 e. The fourth-order valence-electron chi connectivity index (χ4n) is 2.69. The topological polar surface area (TPSA) is 47.0 Å². The largest absolute Gasteiger partial charge is 0.374 e. The minimum Gasteiger partial charge on any atom is -0.374 e. The highest BCUT2D eigenvalue weighted by Gasteiger charge is 2.23. The molecule has 1 aliphatic carbocycles. The molecule has 0 spiro atoms. The molecule has 1 aromatic rings. The molecule has 106 valence electrons. The lowest BCUT2D eigenvalue weighted by atomic mass is 9.85. The second-order valence-corrected chi connectivity index (χ2v) is 5.39. The molecule has 0 saturated heterocycles. The Morgan fingerprint density at radius 2 is 2.21 bits per heavy atom. The Balaban J connectivity index is 2.17. The Labute approximate surface area is 116 Å². The maximum atomic E-state index is 5.32. The molecule has 1 aromatic heterocycles. The standard InChI is InChI=1S/C15H25N3O/c1-5-16-9-12-6-7-14-13(8-12)10(2)17-15(18-14)11(3)19-4/h11-12,16H,5-9H2,1-4H3. The van der Waals surface area contributed by atoms with E-state index in [0.717, 1.165) is 43.4 Å². The quantitative estimate of drug-likeness (QED) is 0.885. The Hall–Kier alpha value is -1.00. The normalized spacial score (nSPS) is 20.1. The molecule has 0 radical (unpaired) electrons. The van der Waals surface area contributed by atoms with Gasteiger partial charge in [0, 0.05) is 18.5 Å². The van der Waals surface area contributed by atoms with Gasteiger partial charge >= 0.3 is 0 Å². The van der Waals surface area contributed by atoms with Gasteiger partial charge in [0.25, 0.3) is 0 Å². The van der Waals surface area contributed by atoms with E-state index in [-0.39, 0.29) is 6.10 Å². The van der Waals surface area contributed by atoms with Crippen LogP contribution >= 0.6 is 0 Å². The summed E-state index contributed by atoms with van der Waals surface area (Å²) in [7, 11) is 1.70. The fourth-order valence-corrected chi connectivity index (χ4v) is 2.69. The molecule has 0 fully saturated rings. The Morgan fingerprint density at radius 1 is 1.42 bits per heavy atom. The molecule has 0 bridgehead atoms. The van der Waals surface area contributed by atoms with E-state index in [1.54, 1.807) is 7.11 Å². The van der Waals surface area contributed by atoms with Crippen molar-refractivity contribution in [2.45, 2.75) is 46.1 Å². The summed E-state index contributed by atoms with van der Waals surface area (Å²) in [6.45, 7) is 8.40. The number of aryl methyl sites for hydroxylation is 2. The summed E-state index contributed by atoms with van der Waals surface area (Å²) in [5, 5.41) is 3.45. The average Bonchev–Trinajstić information content (AvgIpc) is 2.44. The summed E-state index contributed by atoms with van der Waals surface area (Å²) in [4.78, 5) is 9.32. The second-order valence-electron chi connectivity index (χ2n) is 5.39. The lowest BCUT2D eigenvalue weighted by molar-refractivity contribution is 0.111. The molecule has 1 aliphatic rings. The van der Waals surface area contributed by atoms with Gasteiger partial charge in [-0.25, -0.2) is 9.97 Å². The summed E-state index contributed by atoms with van der Waals surface area (Å²) in [5.41, 5.74) is 3.73. The van der Waals surface area contributed by atoms with Crippen molar-refractivity contribution in [3.8, 4) is 0 Å². The number of nitrogens with zero attached hydrogens (tertiary/aromatic N) is 2. The third-order valence-electron chi connectivity index (χ3n) is 4.00. The summed E-state index contributed by atoms with van der Waals surface area (Å²) >= 11 is 0. The molecular formula is C15H25N3O. The van der Waals surface area contributed by atoms with Crippen LogP contribution in [0.15, 0.2) is 0 Å². The zero-order valence-electron chi connectivity index (χ0n) is 12.5. The maximum absolute atomic E-state index is 5.32. The van der Waals surface area contributed by atoms with E-state index in [0.29, 0.717) is 0 Å².